The third-order valence-corrected chi connectivity index (χ3v) is 58.4. The Morgan fingerprint density at radius 3 is 1.81 bits per heavy atom. The number of hydrogen-bond donors (Lipinski definition) is 1. The average molecular weight is 256 g/mol. The fourth-order valence-corrected chi connectivity index (χ4v) is 92.6. The van der Waals surface area contributed by atoms with Crippen molar-refractivity contribution in [1.82, 2.24) is 0 Å². The summed E-state index contributed by atoms with van der Waals surface area (Å²) in [5, 5.41) is 10.8. The van der Waals surface area contributed by atoms with Crippen LogP contribution in [0.3, 0.4) is 0 Å². The van der Waals surface area contributed by atoms with Crippen LogP contribution in [0.1, 0.15) is 6.42 Å². The monoisotopic (exact) mass is 256 g/mol. The standard InChI is InChI=1S/C9H11O.C5H5.Fe/c1-2-5-9(10)8-6-3-4-7-8;1-2-4-5-3-1;/h2-4,6-7,9-10H,1,5H2;1-5H;. The molecule has 1 spiro atoms. The van der Waals surface area contributed by atoms with E-state index < -0.39 is 6.51 Å². The minimum absolute atomic E-state index is 0.0824. The van der Waals surface area contributed by atoms with E-state index in [0.29, 0.717) is 4.31 Å². The van der Waals surface area contributed by atoms with Crippen molar-refractivity contribution in [3.63, 3.8) is 0 Å². The van der Waals surface area contributed by atoms with Gasteiger partial charge in [-0.3, -0.25) is 0 Å². The molecule has 10 saturated heterocycles. The molecule has 86 valence electrons. The molecule has 1 nitrogen and oxygen atoms in total. The number of aliphatic hydroxyl groups excluding tert-OH is 1. The summed E-state index contributed by atoms with van der Waals surface area (Å²) in [6, 6.07) is 0. The van der Waals surface area contributed by atoms with E-state index in [9.17, 15) is 5.11 Å². The molecule has 0 bridgehead atoms. The van der Waals surface area contributed by atoms with Crippen LogP contribution in [0.15, 0.2) is 12.7 Å². The molecule has 0 aromatic carbocycles. The van der Waals surface area contributed by atoms with E-state index in [1.54, 1.807) is 0 Å². The Morgan fingerprint density at radius 1 is 1.06 bits per heavy atom. The molecule has 0 aromatic heterocycles. The Kier molecular flexibility index (Phi) is 0.164. The summed E-state index contributed by atoms with van der Waals surface area (Å²) in [6.45, 7) is 0.925. The van der Waals surface area contributed by atoms with Crippen molar-refractivity contribution >= 4 is 0 Å². The summed E-state index contributed by atoms with van der Waals surface area (Å²) in [4.78, 5) is 12.0. The maximum absolute atomic E-state index is 10.8. The van der Waals surface area contributed by atoms with E-state index in [2.05, 4.69) is 6.58 Å². The van der Waals surface area contributed by atoms with Gasteiger partial charge in [0.05, 0.1) is 0 Å². The van der Waals surface area contributed by atoms with Crippen molar-refractivity contribution in [1.29, 1.82) is 0 Å². The molecule has 1 N–H and O–H groups in total. The second-order valence-corrected chi connectivity index (χ2v) is 34.4. The van der Waals surface area contributed by atoms with Crippen molar-refractivity contribution in [3.05, 3.63) is 12.7 Å². The van der Waals surface area contributed by atoms with Crippen molar-refractivity contribution in [3.8, 4) is 0 Å². The number of rotatable bonds is 3. The molecule has 10 rings (SSSR count). The van der Waals surface area contributed by atoms with E-state index in [1.807, 2.05) is 6.08 Å². The van der Waals surface area contributed by atoms with Crippen LogP contribution >= 0.6 is 0 Å². The molecule has 0 saturated carbocycles. The molecule has 2 heteroatoms. The van der Waals surface area contributed by atoms with Crippen LogP contribution in [-0.4, -0.2) is 11.2 Å². The van der Waals surface area contributed by atoms with Gasteiger partial charge in [-0.1, -0.05) is 0 Å². The van der Waals surface area contributed by atoms with Gasteiger partial charge in [0.2, 0.25) is 0 Å². The molecule has 0 aliphatic carbocycles. The molecule has 10 aliphatic rings. The Hall–Kier alpha value is 0.219. The average Bonchev–Trinajstić information content (AvgIpc) is 3.23. The van der Waals surface area contributed by atoms with E-state index >= 15 is 0 Å². The molecule has 5 unspecified atom stereocenters. The SMILES string of the molecule is C=CCC(O)[C]12[CH]3[CH]4[CH]5[CH]1[Fe]45321678[CH]2[CH]1[CH]6[CH]7[CH]28. The first-order chi connectivity index (χ1) is 7.53. The summed E-state index contributed by atoms with van der Waals surface area (Å²) in [7, 11) is 0. The van der Waals surface area contributed by atoms with E-state index in [-0.39, 0.29) is 6.10 Å². The van der Waals surface area contributed by atoms with Gasteiger partial charge in [0.25, 0.3) is 0 Å². The van der Waals surface area contributed by atoms with Gasteiger partial charge in [-0.25, -0.2) is 0 Å². The predicted molar refractivity (Wildman–Crippen MR) is 57.3 cm³/mol. The first kappa shape index (κ1) is 5.91. The molecule has 10 heterocycles. The molecule has 0 radical (unpaired) electrons. The van der Waals surface area contributed by atoms with Gasteiger partial charge >= 0.3 is 84.5 Å². The first-order valence-corrected chi connectivity index (χ1v) is 13.3. The summed E-state index contributed by atoms with van der Waals surface area (Å²) in [5.74, 6) is 0. The Bertz CT molecular complexity index is 862. The van der Waals surface area contributed by atoms with E-state index in [1.165, 1.54) is 43.3 Å². The molecule has 5 atom stereocenters. The zero-order valence-corrected chi connectivity index (χ0v) is 10.2. The van der Waals surface area contributed by atoms with Gasteiger partial charge < -0.3 is 0 Å². The molecule has 16 heavy (non-hydrogen) atoms. The number of hydrogen-bond acceptors (Lipinski definition) is 1. The van der Waals surface area contributed by atoms with Crippen LogP contribution in [0.25, 0.3) is 0 Å². The first-order valence-electron chi connectivity index (χ1n) is 7.03. The molecule has 10 aliphatic heterocycles. The van der Waals surface area contributed by atoms with Gasteiger partial charge in [-0.2, -0.15) is 0 Å². The van der Waals surface area contributed by atoms with Crippen LogP contribution in [0.5, 0.6) is 0 Å². The van der Waals surface area contributed by atoms with Crippen LogP contribution in [0, 0.1) is 0 Å². The zero-order chi connectivity index (χ0) is 10.0. The van der Waals surface area contributed by atoms with Crippen LogP contribution in [0.4, 0.5) is 0 Å². The Balaban J connectivity index is 1.63. The van der Waals surface area contributed by atoms with Gasteiger partial charge in [0.15, 0.2) is 0 Å². The molecule has 0 aromatic rings. The summed E-state index contributed by atoms with van der Waals surface area (Å²) >= 11 is 0. The maximum atomic E-state index is 10.8. The Morgan fingerprint density at radius 2 is 1.56 bits per heavy atom. The predicted octanol–water partition coefficient (Wildman–Crippen LogP) is 3.68. The van der Waals surface area contributed by atoms with Gasteiger partial charge in [-0.05, 0) is 0 Å². The minimum atomic E-state index is -2.95. The second-order valence-electron chi connectivity index (χ2n) is 10.8. The van der Waals surface area contributed by atoms with Crippen LogP contribution in [-0.2, 0) is 6.51 Å². The van der Waals surface area contributed by atoms with Crippen molar-refractivity contribution < 1.29 is 11.6 Å². The third-order valence-electron chi connectivity index (χ3n) is 15.7. The fraction of sp³-hybridized carbons (Fsp3) is 0.857. The van der Waals surface area contributed by atoms with Crippen LogP contribution < -0.4 is 0 Å². The molecular formula is C14H16FeO. The molecule has 10 fully saturated rings. The second kappa shape index (κ2) is 0.444. The summed E-state index contributed by atoms with van der Waals surface area (Å²) in [5.41, 5.74) is 0. The zero-order valence-electron chi connectivity index (χ0n) is 9.07. The quantitative estimate of drug-likeness (QED) is 0.603. The summed E-state index contributed by atoms with van der Waals surface area (Å²) < 4.78 is 0.688. The van der Waals surface area contributed by atoms with Crippen LogP contribution in [0.2, 0.25) is 47.7 Å². The fourth-order valence-electron chi connectivity index (χ4n) is 17.6. The topological polar surface area (TPSA) is 20.2 Å². The third kappa shape index (κ3) is 0.0503. The van der Waals surface area contributed by atoms with Gasteiger partial charge in [0.1, 0.15) is 0 Å². The van der Waals surface area contributed by atoms with E-state index in [4.69, 9.17) is 0 Å². The summed E-state index contributed by atoms with van der Waals surface area (Å²) in [6.07, 6.45) is 3.00. The Labute approximate surface area is 84.6 Å². The van der Waals surface area contributed by atoms with Crippen molar-refractivity contribution in [2.75, 3.05) is 0 Å². The van der Waals surface area contributed by atoms with E-state index in [0.717, 1.165) is 6.42 Å². The van der Waals surface area contributed by atoms with Crippen molar-refractivity contribution in [2.45, 2.75) is 60.2 Å². The molecular weight excluding hydrogens is 240 g/mol. The number of aliphatic hydroxyl groups is 1. The van der Waals surface area contributed by atoms with Gasteiger partial charge in [-0.15, -0.1) is 0 Å². The molecule has 0 amide bonds. The number of fused-ring (bicyclic) bond motifs is 10. The normalized spacial score (nSPS) is 128. The van der Waals surface area contributed by atoms with Gasteiger partial charge in [0, 0.05) is 0 Å². The van der Waals surface area contributed by atoms with Crippen molar-refractivity contribution in [2.24, 2.45) is 0 Å².